The predicted molar refractivity (Wildman–Crippen MR) is 128 cm³/mol. The first kappa shape index (κ1) is 24.7. The highest BCUT2D eigenvalue weighted by atomic mass is 28.2. The number of allylic oxidation sites excluding steroid dienone is 1. The Balaban J connectivity index is 2.23. The highest BCUT2D eigenvalue weighted by Crippen LogP contribution is 2.46. The molecule has 1 N–H and O–H groups in total. The van der Waals surface area contributed by atoms with Gasteiger partial charge in [0.1, 0.15) is 0 Å². The van der Waals surface area contributed by atoms with Gasteiger partial charge in [-0.1, -0.05) is 26.8 Å². The van der Waals surface area contributed by atoms with Crippen molar-refractivity contribution in [2.24, 2.45) is 0 Å². The van der Waals surface area contributed by atoms with E-state index in [0.717, 1.165) is 0 Å². The summed E-state index contributed by atoms with van der Waals surface area (Å²) in [5.74, 6) is 1.63. The molecular weight excluding hydrogens is 440 g/mol. The zero-order valence-corrected chi connectivity index (χ0v) is 21.1. The molecule has 2 radical (unpaired) electrons. The third kappa shape index (κ3) is 5.17. The molecule has 0 fully saturated rings. The number of methoxy groups -OCH3 is 4. The number of benzene rings is 2. The number of rotatable bonds is 8. The van der Waals surface area contributed by atoms with Crippen LogP contribution >= 0.6 is 0 Å². The van der Waals surface area contributed by atoms with Crippen LogP contribution in [0.4, 0.5) is 0 Å². The SMILES string of the molecule is COc1ccc(C2=C(c3cc(OC)c(OC)c(OC)c3)C(=O)CC2O[Si]C(C)(C)C)cc1O. The van der Waals surface area contributed by atoms with Crippen LogP contribution in [0, 0.1) is 0 Å². The number of Topliss-reactive ketones (excluding diaryl/α,β-unsaturated/α-hetero) is 1. The second-order valence-corrected chi connectivity index (χ2v) is 10.6. The molecule has 0 bridgehead atoms. The molecule has 1 aliphatic carbocycles. The van der Waals surface area contributed by atoms with E-state index < -0.39 is 6.10 Å². The van der Waals surface area contributed by atoms with E-state index in [1.807, 2.05) is 6.07 Å². The Hall–Kier alpha value is -2.97. The summed E-state index contributed by atoms with van der Waals surface area (Å²) >= 11 is 0. The van der Waals surface area contributed by atoms with Gasteiger partial charge in [-0.15, -0.1) is 0 Å². The summed E-state index contributed by atoms with van der Waals surface area (Å²) < 4.78 is 27.9. The predicted octanol–water partition coefficient (Wildman–Crippen LogP) is 4.53. The molecule has 0 heterocycles. The van der Waals surface area contributed by atoms with Crippen molar-refractivity contribution in [3.63, 3.8) is 0 Å². The Kier molecular flexibility index (Phi) is 7.39. The van der Waals surface area contributed by atoms with Gasteiger partial charge in [-0.25, -0.2) is 0 Å². The van der Waals surface area contributed by atoms with Crippen molar-refractivity contribution in [1.29, 1.82) is 0 Å². The van der Waals surface area contributed by atoms with Gasteiger partial charge >= 0.3 is 0 Å². The Labute approximate surface area is 197 Å². The minimum absolute atomic E-state index is 0.0110. The second kappa shape index (κ2) is 9.89. The first-order chi connectivity index (χ1) is 15.6. The van der Waals surface area contributed by atoms with E-state index in [9.17, 15) is 9.90 Å². The zero-order chi connectivity index (χ0) is 24.3. The summed E-state index contributed by atoms with van der Waals surface area (Å²) in [6.45, 7) is 6.26. The van der Waals surface area contributed by atoms with E-state index in [1.54, 1.807) is 24.3 Å². The molecule has 1 unspecified atom stereocenters. The maximum Gasteiger partial charge on any atom is 0.236 e. The summed E-state index contributed by atoms with van der Waals surface area (Å²) in [6, 6.07) is 8.61. The molecule has 1 atom stereocenters. The monoisotopic (exact) mass is 470 g/mol. The van der Waals surface area contributed by atoms with Gasteiger partial charge in [0.05, 0.1) is 34.5 Å². The third-order valence-electron chi connectivity index (χ3n) is 5.19. The molecule has 176 valence electrons. The van der Waals surface area contributed by atoms with Crippen LogP contribution in [0.5, 0.6) is 28.7 Å². The molecule has 3 rings (SSSR count). The number of phenols is 1. The van der Waals surface area contributed by atoms with Crippen LogP contribution in [0.15, 0.2) is 30.3 Å². The van der Waals surface area contributed by atoms with Crippen LogP contribution in [0.2, 0.25) is 5.04 Å². The molecular formula is C25H30O7Si. The number of ketones is 1. The molecule has 8 heteroatoms. The van der Waals surface area contributed by atoms with Crippen molar-refractivity contribution < 1.29 is 33.3 Å². The number of carbonyl (C=O) groups is 1. The summed E-state index contributed by atoms with van der Waals surface area (Å²) in [5.41, 5.74) is 2.53. The number of ether oxygens (including phenoxy) is 4. The highest BCUT2D eigenvalue weighted by Gasteiger charge is 2.36. The van der Waals surface area contributed by atoms with Gasteiger partial charge in [0, 0.05) is 12.0 Å². The molecule has 2 aromatic carbocycles. The second-order valence-electron chi connectivity index (χ2n) is 8.68. The molecule has 0 amide bonds. The average molecular weight is 471 g/mol. The smallest absolute Gasteiger partial charge is 0.236 e. The van der Waals surface area contributed by atoms with Crippen molar-refractivity contribution in [3.8, 4) is 28.7 Å². The van der Waals surface area contributed by atoms with Gasteiger partial charge in [0.2, 0.25) is 15.5 Å². The lowest BCUT2D eigenvalue weighted by Crippen LogP contribution is -2.21. The third-order valence-corrected chi connectivity index (χ3v) is 6.21. The molecule has 2 aromatic rings. The molecule has 0 aromatic heterocycles. The first-order valence-electron chi connectivity index (χ1n) is 10.5. The molecule has 1 aliphatic rings. The van der Waals surface area contributed by atoms with E-state index >= 15 is 0 Å². The fourth-order valence-electron chi connectivity index (χ4n) is 3.76. The number of hydrogen-bond donors (Lipinski definition) is 1. The van der Waals surface area contributed by atoms with E-state index in [2.05, 4.69) is 20.8 Å². The molecule has 0 saturated carbocycles. The Morgan fingerprint density at radius 3 is 1.97 bits per heavy atom. The molecule has 0 saturated heterocycles. The van der Waals surface area contributed by atoms with Crippen molar-refractivity contribution in [1.82, 2.24) is 0 Å². The average Bonchev–Trinajstić information content (AvgIpc) is 3.12. The van der Waals surface area contributed by atoms with Crippen molar-refractivity contribution in [2.75, 3.05) is 28.4 Å². The van der Waals surface area contributed by atoms with Crippen molar-refractivity contribution in [3.05, 3.63) is 41.5 Å². The van der Waals surface area contributed by atoms with Gasteiger partial charge in [-0.05, 0) is 46.0 Å². The number of phenolic OH excluding ortho intramolecular Hbond substituents is 1. The lowest BCUT2D eigenvalue weighted by atomic mass is 9.95. The fourth-order valence-corrected chi connectivity index (χ4v) is 4.46. The first-order valence-corrected chi connectivity index (χ1v) is 11.4. The summed E-state index contributed by atoms with van der Waals surface area (Å²) in [7, 11) is 6.28. The van der Waals surface area contributed by atoms with E-state index in [0.29, 0.717) is 45.3 Å². The normalized spacial score (nSPS) is 16.2. The maximum absolute atomic E-state index is 13.3. The van der Waals surface area contributed by atoms with Crippen LogP contribution in [0.1, 0.15) is 38.3 Å². The fraction of sp³-hybridized carbons (Fsp3) is 0.400. The largest absolute Gasteiger partial charge is 0.504 e. The van der Waals surface area contributed by atoms with Crippen LogP contribution in [0.25, 0.3) is 11.1 Å². The Morgan fingerprint density at radius 1 is 0.879 bits per heavy atom. The lowest BCUT2D eigenvalue weighted by molar-refractivity contribution is -0.114. The van der Waals surface area contributed by atoms with E-state index in [4.69, 9.17) is 23.4 Å². The van der Waals surface area contributed by atoms with Gasteiger partial charge in [-0.3, -0.25) is 4.79 Å². The molecule has 7 nitrogen and oxygen atoms in total. The zero-order valence-electron chi connectivity index (χ0n) is 20.1. The maximum atomic E-state index is 13.3. The summed E-state index contributed by atoms with van der Waals surface area (Å²) in [5, 5.41) is 10.4. The van der Waals surface area contributed by atoms with Gasteiger partial charge in [-0.2, -0.15) is 0 Å². The van der Waals surface area contributed by atoms with Crippen LogP contribution < -0.4 is 18.9 Å². The minimum atomic E-state index is -0.447. The van der Waals surface area contributed by atoms with Crippen LogP contribution in [-0.4, -0.2) is 55.2 Å². The van der Waals surface area contributed by atoms with Crippen molar-refractivity contribution in [2.45, 2.75) is 38.3 Å². The van der Waals surface area contributed by atoms with Crippen LogP contribution in [-0.2, 0) is 9.22 Å². The van der Waals surface area contributed by atoms with Gasteiger partial charge in [0.25, 0.3) is 0 Å². The summed E-state index contributed by atoms with van der Waals surface area (Å²) in [4.78, 5) is 13.3. The molecule has 33 heavy (non-hydrogen) atoms. The highest BCUT2D eigenvalue weighted by molar-refractivity contribution is 6.35. The van der Waals surface area contributed by atoms with Gasteiger partial charge < -0.3 is 28.5 Å². The topological polar surface area (TPSA) is 83.5 Å². The Bertz CT molecular complexity index is 1040. The van der Waals surface area contributed by atoms with Crippen LogP contribution in [0.3, 0.4) is 0 Å². The number of carbonyl (C=O) groups excluding carboxylic acids is 1. The summed E-state index contributed by atoms with van der Waals surface area (Å²) in [6.07, 6.45) is -0.242. The van der Waals surface area contributed by atoms with E-state index in [1.165, 1.54) is 28.4 Å². The quantitative estimate of drug-likeness (QED) is 0.568. The lowest BCUT2D eigenvalue weighted by Gasteiger charge is -2.22. The Morgan fingerprint density at radius 2 is 1.48 bits per heavy atom. The molecule has 0 aliphatic heterocycles. The number of hydrogen-bond acceptors (Lipinski definition) is 7. The van der Waals surface area contributed by atoms with Gasteiger partial charge in [0.15, 0.2) is 28.8 Å². The standard InChI is InChI=1S/C25H30O7Si/c1-25(2,3)33-32-19-13-17(27)22(23(19)14-8-9-18(28-4)16(26)10-14)15-11-20(29-5)24(31-7)21(12-15)30-6/h8-12,19,26H,13H2,1-7H3. The van der Waals surface area contributed by atoms with Crippen molar-refractivity contribution >= 4 is 26.7 Å². The molecule has 0 spiro atoms. The number of aromatic hydroxyl groups is 1. The minimum Gasteiger partial charge on any atom is -0.504 e. The van der Waals surface area contributed by atoms with E-state index in [-0.39, 0.29) is 32.8 Å².